The standard InChI is InChI=1S/C21H18F2N8O/c1-2-21-10-32-6-5-31(21)19-16(30-11-26-29-20(21)30)9-24-18(27-19)14-8-25-28-17(14)13-4-3-12(22)7-15(13)23/h3-4,7-9,11H,2,5-6,10H2,1H3,(H,25,28)/t21-/m1/s1. The third kappa shape index (κ3) is 2.54. The third-order valence-corrected chi connectivity index (χ3v) is 6.21. The van der Waals surface area contributed by atoms with Crippen molar-refractivity contribution in [2.75, 3.05) is 24.7 Å². The van der Waals surface area contributed by atoms with Gasteiger partial charge in [-0.25, -0.2) is 18.7 Å². The summed E-state index contributed by atoms with van der Waals surface area (Å²) < 4.78 is 35.6. The van der Waals surface area contributed by atoms with Crippen LogP contribution in [0.5, 0.6) is 0 Å². The van der Waals surface area contributed by atoms with E-state index in [9.17, 15) is 8.78 Å². The fraction of sp³-hybridized carbons (Fsp3) is 0.286. The van der Waals surface area contributed by atoms with Crippen LogP contribution in [-0.4, -0.2) is 54.7 Å². The van der Waals surface area contributed by atoms with Crippen molar-refractivity contribution in [1.82, 2.24) is 34.9 Å². The molecule has 32 heavy (non-hydrogen) atoms. The van der Waals surface area contributed by atoms with Crippen molar-refractivity contribution in [3.8, 4) is 28.3 Å². The molecule has 1 aromatic carbocycles. The Kier molecular flexibility index (Phi) is 4.09. The Balaban J connectivity index is 1.52. The Hall–Kier alpha value is -3.73. The number of anilines is 1. The molecule has 5 heterocycles. The number of morpholine rings is 1. The van der Waals surface area contributed by atoms with E-state index in [0.717, 1.165) is 29.8 Å². The highest BCUT2D eigenvalue weighted by Gasteiger charge is 2.48. The number of halogens is 2. The average Bonchev–Trinajstić information content (AvgIpc) is 3.49. The molecule has 162 valence electrons. The maximum Gasteiger partial charge on any atom is 0.165 e. The summed E-state index contributed by atoms with van der Waals surface area (Å²) in [5.74, 6) is 0.551. The lowest BCUT2D eigenvalue weighted by atomic mass is 9.90. The molecule has 11 heteroatoms. The van der Waals surface area contributed by atoms with Crippen LogP contribution in [0.4, 0.5) is 14.6 Å². The van der Waals surface area contributed by atoms with Gasteiger partial charge in [-0.1, -0.05) is 6.92 Å². The van der Waals surface area contributed by atoms with Crippen molar-refractivity contribution in [3.63, 3.8) is 0 Å². The van der Waals surface area contributed by atoms with Gasteiger partial charge in [-0.2, -0.15) is 5.10 Å². The third-order valence-electron chi connectivity index (χ3n) is 6.21. The molecule has 9 nitrogen and oxygen atoms in total. The Labute approximate surface area is 181 Å². The molecule has 4 aromatic rings. The smallest absolute Gasteiger partial charge is 0.165 e. The number of rotatable bonds is 3. The van der Waals surface area contributed by atoms with Crippen molar-refractivity contribution >= 4 is 5.82 Å². The topological polar surface area (TPSA) is 97.6 Å². The fourth-order valence-corrected chi connectivity index (χ4v) is 4.58. The molecule has 1 fully saturated rings. The predicted octanol–water partition coefficient (Wildman–Crippen LogP) is 2.85. The lowest BCUT2D eigenvalue weighted by molar-refractivity contribution is 0.0391. The van der Waals surface area contributed by atoms with Gasteiger partial charge >= 0.3 is 0 Å². The zero-order chi connectivity index (χ0) is 21.9. The first-order chi connectivity index (χ1) is 15.6. The number of hydrogen-bond acceptors (Lipinski definition) is 7. The molecule has 6 rings (SSSR count). The molecule has 0 unspecified atom stereocenters. The zero-order valence-electron chi connectivity index (χ0n) is 17.1. The van der Waals surface area contributed by atoms with Crippen molar-refractivity contribution in [2.24, 2.45) is 0 Å². The molecule has 0 radical (unpaired) electrons. The maximum atomic E-state index is 14.5. The van der Waals surface area contributed by atoms with Crippen LogP contribution in [0.2, 0.25) is 0 Å². The molecular weight excluding hydrogens is 418 g/mol. The number of aromatic amines is 1. The lowest BCUT2D eigenvalue weighted by Crippen LogP contribution is -2.58. The van der Waals surface area contributed by atoms with Crippen molar-refractivity contribution in [3.05, 3.63) is 54.4 Å². The van der Waals surface area contributed by atoms with Gasteiger partial charge in [0.05, 0.1) is 36.9 Å². The van der Waals surface area contributed by atoms with E-state index in [0.29, 0.717) is 36.8 Å². The molecule has 0 bridgehead atoms. The first kappa shape index (κ1) is 19.0. The van der Waals surface area contributed by atoms with E-state index in [1.54, 1.807) is 18.7 Å². The second kappa shape index (κ2) is 6.89. The van der Waals surface area contributed by atoms with Gasteiger partial charge in [0, 0.05) is 18.2 Å². The van der Waals surface area contributed by atoms with E-state index in [-0.39, 0.29) is 5.56 Å². The van der Waals surface area contributed by atoms with Crippen LogP contribution in [0.3, 0.4) is 0 Å². The molecule has 2 aliphatic rings. The van der Waals surface area contributed by atoms with Crippen LogP contribution in [0, 0.1) is 11.6 Å². The van der Waals surface area contributed by atoms with Crippen LogP contribution >= 0.6 is 0 Å². The average molecular weight is 436 g/mol. The van der Waals surface area contributed by atoms with Gasteiger partial charge < -0.3 is 9.64 Å². The minimum absolute atomic E-state index is 0.190. The number of hydrogen-bond donors (Lipinski definition) is 1. The number of fused-ring (bicyclic) bond motifs is 6. The highest BCUT2D eigenvalue weighted by atomic mass is 19.1. The largest absolute Gasteiger partial charge is 0.377 e. The summed E-state index contributed by atoms with van der Waals surface area (Å²) in [6.45, 7) is 3.75. The summed E-state index contributed by atoms with van der Waals surface area (Å²) in [5.41, 5.74) is 1.36. The summed E-state index contributed by atoms with van der Waals surface area (Å²) in [6.07, 6.45) is 5.65. The Bertz CT molecular complexity index is 1340. The van der Waals surface area contributed by atoms with E-state index in [1.165, 1.54) is 12.1 Å². The summed E-state index contributed by atoms with van der Waals surface area (Å²) in [5, 5.41) is 15.4. The number of benzene rings is 1. The van der Waals surface area contributed by atoms with Crippen LogP contribution in [0.15, 0.2) is 36.9 Å². The monoisotopic (exact) mass is 436 g/mol. The SMILES string of the molecule is CC[C@]12COCCN1c1nc(-c3cn[nH]c3-c3ccc(F)cc3F)ncc1-n1cnnc12. The molecule has 0 saturated carbocycles. The molecule has 1 atom stereocenters. The first-order valence-electron chi connectivity index (χ1n) is 10.2. The van der Waals surface area contributed by atoms with E-state index >= 15 is 0 Å². The van der Waals surface area contributed by atoms with Crippen LogP contribution in [0.1, 0.15) is 19.2 Å². The van der Waals surface area contributed by atoms with Gasteiger partial charge in [-0.05, 0) is 18.6 Å². The van der Waals surface area contributed by atoms with Gasteiger partial charge in [-0.3, -0.25) is 9.67 Å². The van der Waals surface area contributed by atoms with Crippen LogP contribution in [-0.2, 0) is 10.3 Å². The Morgan fingerprint density at radius 2 is 2.12 bits per heavy atom. The number of ether oxygens (including phenoxy) is 1. The normalized spacial score (nSPS) is 19.4. The molecule has 2 aliphatic heterocycles. The maximum absolute atomic E-state index is 14.5. The molecule has 0 aliphatic carbocycles. The Morgan fingerprint density at radius 3 is 2.97 bits per heavy atom. The summed E-state index contributed by atoms with van der Waals surface area (Å²) >= 11 is 0. The molecular formula is C21H18F2N8O. The lowest BCUT2D eigenvalue weighted by Gasteiger charge is -2.49. The van der Waals surface area contributed by atoms with Crippen LogP contribution < -0.4 is 4.90 Å². The van der Waals surface area contributed by atoms with Gasteiger partial charge in [-0.15, -0.1) is 10.2 Å². The molecule has 0 spiro atoms. The van der Waals surface area contributed by atoms with Crippen LogP contribution in [0.25, 0.3) is 28.3 Å². The molecule has 0 amide bonds. The number of H-pyrrole nitrogens is 1. The van der Waals surface area contributed by atoms with E-state index in [2.05, 4.69) is 37.2 Å². The van der Waals surface area contributed by atoms with E-state index in [1.807, 2.05) is 4.57 Å². The molecule has 1 N–H and O–H groups in total. The number of aromatic nitrogens is 7. The molecule has 3 aromatic heterocycles. The second-order valence-electron chi connectivity index (χ2n) is 7.80. The second-order valence-corrected chi connectivity index (χ2v) is 7.80. The summed E-state index contributed by atoms with van der Waals surface area (Å²) in [4.78, 5) is 11.6. The quantitative estimate of drug-likeness (QED) is 0.527. The highest BCUT2D eigenvalue weighted by Crippen LogP contribution is 2.44. The predicted molar refractivity (Wildman–Crippen MR) is 110 cm³/mol. The highest BCUT2D eigenvalue weighted by molar-refractivity contribution is 5.78. The molecule has 1 saturated heterocycles. The van der Waals surface area contributed by atoms with Gasteiger partial charge in [0.25, 0.3) is 0 Å². The Morgan fingerprint density at radius 1 is 1.22 bits per heavy atom. The van der Waals surface area contributed by atoms with Gasteiger partial charge in [0.1, 0.15) is 29.2 Å². The van der Waals surface area contributed by atoms with E-state index < -0.39 is 17.2 Å². The number of nitrogens with zero attached hydrogens (tertiary/aromatic N) is 7. The first-order valence-corrected chi connectivity index (χ1v) is 10.2. The minimum atomic E-state index is -0.694. The van der Waals surface area contributed by atoms with Gasteiger partial charge in [0.2, 0.25) is 0 Å². The fourth-order valence-electron chi connectivity index (χ4n) is 4.58. The number of nitrogens with one attached hydrogen (secondary N) is 1. The van der Waals surface area contributed by atoms with Crippen molar-refractivity contribution in [1.29, 1.82) is 0 Å². The van der Waals surface area contributed by atoms with E-state index in [4.69, 9.17) is 9.72 Å². The van der Waals surface area contributed by atoms with Crippen molar-refractivity contribution in [2.45, 2.75) is 18.9 Å². The summed E-state index contributed by atoms with van der Waals surface area (Å²) in [7, 11) is 0. The van der Waals surface area contributed by atoms with Crippen molar-refractivity contribution < 1.29 is 13.5 Å². The van der Waals surface area contributed by atoms with Gasteiger partial charge in [0.15, 0.2) is 17.5 Å². The zero-order valence-corrected chi connectivity index (χ0v) is 17.1. The minimum Gasteiger partial charge on any atom is -0.377 e. The summed E-state index contributed by atoms with van der Waals surface area (Å²) in [6, 6.07) is 3.41.